The number of fused-ring (bicyclic) bond motifs is 1. The molecule has 2 aliphatic heterocycles. The van der Waals surface area contributed by atoms with Crippen molar-refractivity contribution in [3.63, 3.8) is 0 Å². The number of aryl methyl sites for hydroxylation is 1. The van der Waals surface area contributed by atoms with E-state index in [4.69, 9.17) is 14.8 Å². The predicted molar refractivity (Wildman–Crippen MR) is 99.4 cm³/mol. The van der Waals surface area contributed by atoms with E-state index in [2.05, 4.69) is 34.6 Å². The van der Waals surface area contributed by atoms with Gasteiger partial charge in [-0.15, -0.1) is 0 Å². The molecule has 136 valence electrons. The molecule has 0 aromatic carbocycles. The van der Waals surface area contributed by atoms with Crippen molar-refractivity contribution in [3.8, 4) is 0 Å². The van der Waals surface area contributed by atoms with Crippen LogP contribution < -0.4 is 10.2 Å². The highest BCUT2D eigenvalue weighted by molar-refractivity contribution is 5.58. The number of hydrogen-bond donors (Lipinski definition) is 1. The Morgan fingerprint density at radius 3 is 2.72 bits per heavy atom. The highest BCUT2D eigenvalue weighted by Gasteiger charge is 2.24. The number of nitrogens with one attached hydrogen (secondary N) is 1. The van der Waals surface area contributed by atoms with Crippen molar-refractivity contribution < 1.29 is 4.74 Å². The summed E-state index contributed by atoms with van der Waals surface area (Å²) in [5.41, 5.74) is 4.66. The standard InChI is InChI=1S/C19H29N5O/c1-3-14-15(4-2)21-18-13-17(16-7-5-6-8-20-16)22-24(18)19(14)23-9-11-25-12-10-23/h13,16,20H,3-12H2,1-2H3. The molecular weight excluding hydrogens is 314 g/mol. The Morgan fingerprint density at radius 2 is 2.04 bits per heavy atom. The van der Waals surface area contributed by atoms with Gasteiger partial charge in [-0.05, 0) is 32.2 Å². The molecule has 0 radical (unpaired) electrons. The molecule has 2 aromatic heterocycles. The molecule has 0 bridgehead atoms. The lowest BCUT2D eigenvalue weighted by atomic mass is 10.0. The Balaban J connectivity index is 1.83. The molecule has 4 rings (SSSR count). The summed E-state index contributed by atoms with van der Waals surface area (Å²) in [6.07, 6.45) is 5.64. The van der Waals surface area contributed by atoms with E-state index in [0.717, 1.165) is 63.5 Å². The van der Waals surface area contributed by atoms with Crippen LogP contribution in [0.25, 0.3) is 5.65 Å². The molecule has 1 N–H and O–H groups in total. The number of ether oxygens (including phenoxy) is 1. The SMILES string of the molecule is CCc1nc2cc(C3CCCCN3)nn2c(N2CCOCC2)c1CC. The number of aromatic nitrogens is 3. The maximum absolute atomic E-state index is 5.57. The largest absolute Gasteiger partial charge is 0.378 e. The van der Waals surface area contributed by atoms with Gasteiger partial charge in [-0.2, -0.15) is 9.61 Å². The third-order valence-corrected chi connectivity index (χ3v) is 5.44. The van der Waals surface area contributed by atoms with Crippen LogP contribution in [0.15, 0.2) is 6.07 Å². The quantitative estimate of drug-likeness (QED) is 0.924. The second-order valence-electron chi connectivity index (χ2n) is 7.01. The second kappa shape index (κ2) is 7.30. The molecule has 2 aliphatic rings. The van der Waals surface area contributed by atoms with Gasteiger partial charge in [-0.3, -0.25) is 0 Å². The molecule has 2 saturated heterocycles. The van der Waals surface area contributed by atoms with Crippen molar-refractivity contribution in [2.45, 2.75) is 52.0 Å². The van der Waals surface area contributed by atoms with Crippen LogP contribution in [-0.2, 0) is 17.6 Å². The summed E-state index contributed by atoms with van der Waals surface area (Å²) in [5.74, 6) is 1.23. The average molecular weight is 343 g/mol. The third-order valence-electron chi connectivity index (χ3n) is 5.44. The molecule has 0 saturated carbocycles. The Bertz CT molecular complexity index is 729. The first kappa shape index (κ1) is 16.8. The zero-order valence-corrected chi connectivity index (χ0v) is 15.4. The Morgan fingerprint density at radius 1 is 1.20 bits per heavy atom. The Kier molecular flexibility index (Phi) is 4.90. The van der Waals surface area contributed by atoms with E-state index in [-0.39, 0.29) is 0 Å². The minimum absolute atomic E-state index is 0.364. The first-order valence-corrected chi connectivity index (χ1v) is 9.79. The van der Waals surface area contributed by atoms with Gasteiger partial charge in [0.1, 0.15) is 5.82 Å². The summed E-state index contributed by atoms with van der Waals surface area (Å²) in [6.45, 7) is 8.92. The van der Waals surface area contributed by atoms with Crippen LogP contribution in [0.5, 0.6) is 0 Å². The van der Waals surface area contributed by atoms with Gasteiger partial charge in [0.2, 0.25) is 0 Å². The van der Waals surface area contributed by atoms with Crippen LogP contribution in [0.1, 0.15) is 56.1 Å². The van der Waals surface area contributed by atoms with Gasteiger partial charge in [0.15, 0.2) is 5.65 Å². The summed E-state index contributed by atoms with van der Waals surface area (Å²) in [5, 5.41) is 8.62. The predicted octanol–water partition coefficient (Wildman–Crippen LogP) is 2.51. The van der Waals surface area contributed by atoms with Crippen LogP contribution >= 0.6 is 0 Å². The fourth-order valence-electron chi connectivity index (χ4n) is 4.12. The number of rotatable bonds is 4. The molecule has 2 fully saturated rings. The molecule has 0 amide bonds. The number of morpholine rings is 1. The van der Waals surface area contributed by atoms with E-state index < -0.39 is 0 Å². The van der Waals surface area contributed by atoms with Crippen molar-refractivity contribution in [3.05, 3.63) is 23.0 Å². The lowest BCUT2D eigenvalue weighted by Gasteiger charge is -2.31. The lowest BCUT2D eigenvalue weighted by molar-refractivity contribution is 0.122. The molecule has 6 heteroatoms. The van der Waals surface area contributed by atoms with Gasteiger partial charge in [-0.25, -0.2) is 4.98 Å². The van der Waals surface area contributed by atoms with Crippen molar-refractivity contribution >= 4 is 11.5 Å². The van der Waals surface area contributed by atoms with Gasteiger partial charge in [0, 0.05) is 30.4 Å². The topological polar surface area (TPSA) is 54.7 Å². The highest BCUT2D eigenvalue weighted by atomic mass is 16.5. The molecule has 25 heavy (non-hydrogen) atoms. The molecule has 1 atom stereocenters. The van der Waals surface area contributed by atoms with Gasteiger partial charge >= 0.3 is 0 Å². The molecule has 1 unspecified atom stereocenters. The van der Waals surface area contributed by atoms with Gasteiger partial charge in [-0.1, -0.05) is 20.3 Å². The second-order valence-corrected chi connectivity index (χ2v) is 7.01. The summed E-state index contributed by atoms with van der Waals surface area (Å²) in [7, 11) is 0. The van der Waals surface area contributed by atoms with Gasteiger partial charge in [0.25, 0.3) is 0 Å². The molecule has 0 spiro atoms. The van der Waals surface area contributed by atoms with E-state index in [1.54, 1.807) is 0 Å². The monoisotopic (exact) mass is 343 g/mol. The van der Waals surface area contributed by atoms with E-state index in [0.29, 0.717) is 6.04 Å². The van der Waals surface area contributed by atoms with E-state index in [1.807, 2.05) is 0 Å². The minimum Gasteiger partial charge on any atom is -0.378 e. The van der Waals surface area contributed by atoms with Crippen LogP contribution in [-0.4, -0.2) is 47.4 Å². The average Bonchev–Trinajstić information content (AvgIpc) is 3.11. The molecular formula is C19H29N5O. The van der Waals surface area contributed by atoms with Crippen molar-refractivity contribution in [2.24, 2.45) is 0 Å². The van der Waals surface area contributed by atoms with Crippen molar-refractivity contribution in [1.29, 1.82) is 0 Å². The normalized spacial score (nSPS) is 21.8. The highest BCUT2D eigenvalue weighted by Crippen LogP contribution is 2.29. The number of nitrogens with zero attached hydrogens (tertiary/aromatic N) is 4. The van der Waals surface area contributed by atoms with E-state index in [1.165, 1.54) is 29.9 Å². The molecule has 6 nitrogen and oxygen atoms in total. The maximum atomic E-state index is 5.57. The first-order chi connectivity index (χ1) is 12.3. The zero-order valence-electron chi connectivity index (χ0n) is 15.4. The number of piperidine rings is 1. The first-order valence-electron chi connectivity index (χ1n) is 9.79. The van der Waals surface area contributed by atoms with Crippen LogP contribution in [0, 0.1) is 0 Å². The van der Waals surface area contributed by atoms with Crippen molar-refractivity contribution in [1.82, 2.24) is 19.9 Å². The van der Waals surface area contributed by atoms with Crippen LogP contribution in [0.4, 0.5) is 5.82 Å². The Labute approximate surface area is 149 Å². The summed E-state index contributed by atoms with van der Waals surface area (Å²) in [4.78, 5) is 7.38. The summed E-state index contributed by atoms with van der Waals surface area (Å²) in [6, 6.07) is 2.55. The van der Waals surface area contributed by atoms with Crippen LogP contribution in [0.2, 0.25) is 0 Å². The van der Waals surface area contributed by atoms with Crippen molar-refractivity contribution in [2.75, 3.05) is 37.7 Å². The molecule has 4 heterocycles. The summed E-state index contributed by atoms with van der Waals surface area (Å²) < 4.78 is 7.66. The van der Waals surface area contributed by atoms with Crippen LogP contribution in [0.3, 0.4) is 0 Å². The Hall–Kier alpha value is -1.66. The zero-order chi connectivity index (χ0) is 17.2. The third kappa shape index (κ3) is 3.13. The van der Waals surface area contributed by atoms with Gasteiger partial charge < -0.3 is 15.0 Å². The number of hydrogen-bond acceptors (Lipinski definition) is 5. The fraction of sp³-hybridized carbons (Fsp3) is 0.684. The molecule has 2 aromatic rings. The lowest BCUT2D eigenvalue weighted by Crippen LogP contribution is -2.38. The van der Waals surface area contributed by atoms with E-state index in [9.17, 15) is 0 Å². The maximum Gasteiger partial charge on any atom is 0.157 e. The fourth-order valence-corrected chi connectivity index (χ4v) is 4.12. The minimum atomic E-state index is 0.364. The van der Waals surface area contributed by atoms with Gasteiger partial charge in [0.05, 0.1) is 24.9 Å². The smallest absolute Gasteiger partial charge is 0.157 e. The number of anilines is 1. The molecule has 0 aliphatic carbocycles. The van der Waals surface area contributed by atoms with E-state index >= 15 is 0 Å². The summed E-state index contributed by atoms with van der Waals surface area (Å²) >= 11 is 0.